The lowest BCUT2D eigenvalue weighted by Gasteiger charge is -2.29. The highest BCUT2D eigenvalue weighted by Crippen LogP contribution is 2.30. The highest BCUT2D eigenvalue weighted by Gasteiger charge is 2.29. The first kappa shape index (κ1) is 34.1. The number of carbonyl (C=O) groups excluding carboxylic acids is 2. The molecule has 0 aliphatic heterocycles. The van der Waals surface area contributed by atoms with Gasteiger partial charge in [-0.3, -0.25) is 0 Å². The van der Waals surface area contributed by atoms with E-state index in [-0.39, 0.29) is 25.0 Å². The first-order valence-electron chi connectivity index (χ1n) is 16.4. The smallest absolute Gasteiger partial charge is 0.340 e. The van der Waals surface area contributed by atoms with Crippen molar-refractivity contribution in [2.75, 3.05) is 13.2 Å². The molecule has 0 radical (unpaired) electrons. The summed E-state index contributed by atoms with van der Waals surface area (Å²) in [5.41, 5.74) is 0. The molecule has 0 spiro atoms. The van der Waals surface area contributed by atoms with Crippen LogP contribution in [0.2, 0.25) is 0 Å². The maximum atomic E-state index is 14.0. The van der Waals surface area contributed by atoms with Crippen molar-refractivity contribution < 1.29 is 37.3 Å². The topological polar surface area (TPSA) is 71.1 Å². The summed E-state index contributed by atoms with van der Waals surface area (Å²) in [5.74, 6) is 0.927. The third-order valence-corrected chi connectivity index (χ3v) is 8.58. The third kappa shape index (κ3) is 12.5. The number of ether oxygens (including phenoxy) is 4. The molecule has 238 valence electrons. The lowest BCUT2D eigenvalue weighted by Crippen LogP contribution is -2.30. The molecule has 2 aliphatic carbocycles. The first-order chi connectivity index (χ1) is 20.4. The first-order valence-corrected chi connectivity index (χ1v) is 16.4. The Morgan fingerprint density at radius 2 is 1.00 bits per heavy atom. The zero-order valence-corrected chi connectivity index (χ0v) is 25.7. The van der Waals surface area contributed by atoms with E-state index in [2.05, 4.69) is 13.8 Å². The van der Waals surface area contributed by atoms with E-state index < -0.39 is 24.3 Å². The van der Waals surface area contributed by atoms with Gasteiger partial charge in [0.1, 0.15) is 23.7 Å². The molecule has 1 aromatic carbocycles. The molecule has 8 heteroatoms. The van der Waals surface area contributed by atoms with Crippen LogP contribution in [0.1, 0.15) is 117 Å². The Hall–Kier alpha value is -2.38. The van der Waals surface area contributed by atoms with E-state index in [1.165, 1.54) is 0 Å². The largest absolute Gasteiger partial charge is 0.493 e. The predicted molar refractivity (Wildman–Crippen MR) is 159 cm³/mol. The van der Waals surface area contributed by atoms with Crippen molar-refractivity contribution in [2.45, 2.75) is 141 Å². The fourth-order valence-corrected chi connectivity index (χ4v) is 5.75. The molecule has 0 N–H and O–H groups in total. The second-order valence-corrected chi connectivity index (χ2v) is 12.2. The molecule has 0 bridgehead atoms. The highest BCUT2D eigenvalue weighted by atomic mass is 19.1. The number of esters is 2. The van der Waals surface area contributed by atoms with Gasteiger partial charge in [0.25, 0.3) is 0 Å². The molecule has 2 aliphatic rings. The van der Waals surface area contributed by atoms with Crippen LogP contribution in [0.15, 0.2) is 24.3 Å². The van der Waals surface area contributed by atoms with Crippen LogP contribution < -0.4 is 9.47 Å². The van der Waals surface area contributed by atoms with E-state index in [1.807, 2.05) is 24.3 Å². The summed E-state index contributed by atoms with van der Waals surface area (Å²) in [6.45, 7) is 5.30. The Morgan fingerprint density at radius 1 is 0.643 bits per heavy atom. The van der Waals surface area contributed by atoms with Crippen molar-refractivity contribution in [2.24, 2.45) is 11.8 Å². The van der Waals surface area contributed by atoms with E-state index in [0.29, 0.717) is 37.9 Å². The third-order valence-electron chi connectivity index (χ3n) is 8.58. The normalized spacial score (nSPS) is 23.9. The minimum Gasteiger partial charge on any atom is -0.493 e. The lowest BCUT2D eigenvalue weighted by molar-refractivity contribution is -0.158. The molecule has 0 unspecified atom stereocenters. The van der Waals surface area contributed by atoms with Gasteiger partial charge in [-0.15, -0.1) is 0 Å². The van der Waals surface area contributed by atoms with E-state index in [1.54, 1.807) is 0 Å². The van der Waals surface area contributed by atoms with Crippen LogP contribution in [-0.4, -0.2) is 49.7 Å². The monoisotopic (exact) mass is 594 g/mol. The zero-order valence-electron chi connectivity index (χ0n) is 25.7. The van der Waals surface area contributed by atoms with Gasteiger partial charge in [-0.1, -0.05) is 39.5 Å². The van der Waals surface area contributed by atoms with Crippen molar-refractivity contribution in [1.82, 2.24) is 0 Å². The summed E-state index contributed by atoms with van der Waals surface area (Å²) in [6, 6.07) is 7.64. The molecule has 2 fully saturated rings. The molecule has 0 amide bonds. The molecular weight excluding hydrogens is 542 g/mol. The second-order valence-electron chi connectivity index (χ2n) is 12.2. The number of alkyl halides is 2. The Balaban J connectivity index is 1.26. The number of halogens is 2. The highest BCUT2D eigenvalue weighted by molar-refractivity contribution is 5.75. The van der Waals surface area contributed by atoms with Crippen LogP contribution in [0.25, 0.3) is 0 Å². The fourth-order valence-electron chi connectivity index (χ4n) is 5.75. The Labute approximate surface area is 251 Å². The summed E-state index contributed by atoms with van der Waals surface area (Å²) in [6.07, 6.45) is 8.93. The van der Waals surface area contributed by atoms with Gasteiger partial charge in [0.05, 0.1) is 13.2 Å². The average Bonchev–Trinajstić information content (AvgIpc) is 3.01. The summed E-state index contributed by atoms with van der Waals surface area (Å²) in [4.78, 5) is 24.0. The predicted octanol–water partition coefficient (Wildman–Crippen LogP) is 8.49. The molecule has 1 aromatic rings. The van der Waals surface area contributed by atoms with Crippen LogP contribution >= 0.6 is 0 Å². The van der Waals surface area contributed by atoms with Crippen LogP contribution in [0.5, 0.6) is 11.5 Å². The van der Waals surface area contributed by atoms with Gasteiger partial charge in [-0.25, -0.2) is 18.4 Å². The van der Waals surface area contributed by atoms with E-state index in [4.69, 9.17) is 18.9 Å². The quantitative estimate of drug-likeness (QED) is 0.125. The Kier molecular flexibility index (Phi) is 15.4. The van der Waals surface area contributed by atoms with Gasteiger partial charge in [0.2, 0.25) is 0 Å². The van der Waals surface area contributed by atoms with Gasteiger partial charge in [-0.05, 0) is 113 Å². The number of hydrogen-bond donors (Lipinski definition) is 0. The minimum atomic E-state index is -1.51. The molecule has 2 atom stereocenters. The zero-order chi connectivity index (χ0) is 30.2. The number of unbranched alkanes of at least 4 members (excludes halogenated alkanes) is 4. The number of rotatable bonds is 18. The van der Waals surface area contributed by atoms with Crippen molar-refractivity contribution in [1.29, 1.82) is 0 Å². The van der Waals surface area contributed by atoms with Crippen molar-refractivity contribution >= 4 is 11.9 Å². The Bertz CT molecular complexity index is 821. The standard InChI is InChI=1S/C34H52F2O6/c1-3-5-7-9-31(35)33(37)41-29-15-11-25(12-16-29)23-39-27-19-21-28(22-20-27)40-24-26-13-17-30(18-14-26)42-34(38)32(36)10-8-6-4-2/h19-22,25-26,29-32H,3-18,23-24H2,1-2H3/t25?,26?,29?,30?,31-,32-/m0/s1. The molecule has 42 heavy (non-hydrogen) atoms. The lowest BCUT2D eigenvalue weighted by atomic mass is 9.88. The Morgan fingerprint density at radius 3 is 1.33 bits per heavy atom. The van der Waals surface area contributed by atoms with Gasteiger partial charge in [0, 0.05) is 0 Å². The van der Waals surface area contributed by atoms with E-state index in [0.717, 1.165) is 88.5 Å². The summed E-state index contributed by atoms with van der Waals surface area (Å²) in [5, 5.41) is 0. The molecule has 0 saturated heterocycles. The summed E-state index contributed by atoms with van der Waals surface area (Å²) < 4.78 is 50.9. The second kappa shape index (κ2) is 19.0. The van der Waals surface area contributed by atoms with Crippen LogP contribution in [-0.2, 0) is 19.1 Å². The van der Waals surface area contributed by atoms with Crippen LogP contribution in [0.3, 0.4) is 0 Å². The van der Waals surface area contributed by atoms with Gasteiger partial charge in [0.15, 0.2) is 12.3 Å². The number of carbonyl (C=O) groups is 2. The van der Waals surface area contributed by atoms with Crippen LogP contribution in [0, 0.1) is 11.8 Å². The van der Waals surface area contributed by atoms with Crippen molar-refractivity contribution in [3.05, 3.63) is 24.3 Å². The number of benzene rings is 1. The molecule has 6 nitrogen and oxygen atoms in total. The number of hydrogen-bond acceptors (Lipinski definition) is 6. The van der Waals surface area contributed by atoms with Gasteiger partial charge >= 0.3 is 11.9 Å². The molecule has 2 saturated carbocycles. The summed E-state index contributed by atoms with van der Waals surface area (Å²) in [7, 11) is 0. The maximum absolute atomic E-state index is 14.0. The van der Waals surface area contributed by atoms with E-state index in [9.17, 15) is 18.4 Å². The molecule has 3 rings (SSSR count). The summed E-state index contributed by atoms with van der Waals surface area (Å²) >= 11 is 0. The maximum Gasteiger partial charge on any atom is 0.340 e. The fraction of sp³-hybridized carbons (Fsp3) is 0.765. The van der Waals surface area contributed by atoms with Gasteiger partial charge < -0.3 is 18.9 Å². The van der Waals surface area contributed by atoms with Gasteiger partial charge in [-0.2, -0.15) is 0 Å². The molecular formula is C34H52F2O6. The SMILES string of the molecule is CCCCC[C@H](F)C(=O)OC1CCC(COc2ccc(OCC3CCC(OC(=O)[C@@H](F)CCCCC)CC3)cc2)CC1. The van der Waals surface area contributed by atoms with Crippen molar-refractivity contribution in [3.8, 4) is 11.5 Å². The molecule has 0 heterocycles. The van der Waals surface area contributed by atoms with Crippen LogP contribution in [0.4, 0.5) is 8.78 Å². The average molecular weight is 595 g/mol. The van der Waals surface area contributed by atoms with Crippen molar-refractivity contribution in [3.63, 3.8) is 0 Å². The molecule has 0 aromatic heterocycles. The minimum absolute atomic E-state index is 0.192. The van der Waals surface area contributed by atoms with E-state index >= 15 is 0 Å².